The highest BCUT2D eigenvalue weighted by atomic mass is 16.5. The summed E-state index contributed by atoms with van der Waals surface area (Å²) in [6, 6.07) is 7.47. The van der Waals surface area contributed by atoms with E-state index in [9.17, 15) is 0 Å². The minimum Gasteiger partial charge on any atom is -0.497 e. The zero-order valence-corrected chi connectivity index (χ0v) is 8.37. The summed E-state index contributed by atoms with van der Waals surface area (Å²) >= 11 is 0. The average molecular weight is 190 g/mol. The second-order valence-corrected chi connectivity index (χ2v) is 2.97. The molecular weight excluding hydrogens is 176 g/mol. The largest absolute Gasteiger partial charge is 0.497 e. The monoisotopic (exact) mass is 190 g/mol. The fourth-order valence-electron chi connectivity index (χ4n) is 1.20. The number of hydrogen-bond donors (Lipinski definition) is 2. The van der Waals surface area contributed by atoms with Crippen molar-refractivity contribution in [1.29, 1.82) is 5.41 Å². The maximum Gasteiger partial charge on any atom is 0.118 e. The fraction of sp³-hybridized carbons (Fsp3) is 0.182. The lowest BCUT2D eigenvalue weighted by molar-refractivity contribution is 0.415. The van der Waals surface area contributed by atoms with Crippen molar-refractivity contribution < 1.29 is 4.74 Å². The minimum absolute atomic E-state index is 0.644. The maximum absolute atomic E-state index is 7.23. The van der Waals surface area contributed by atoms with Crippen LogP contribution in [0.3, 0.4) is 0 Å². The first-order valence-corrected chi connectivity index (χ1v) is 4.30. The lowest BCUT2D eigenvalue weighted by Crippen LogP contribution is -1.98. The van der Waals surface area contributed by atoms with E-state index in [0.717, 1.165) is 16.9 Å². The summed E-state index contributed by atoms with van der Waals surface area (Å²) in [5.74, 6) is 0.799. The van der Waals surface area contributed by atoms with E-state index in [2.05, 4.69) is 0 Å². The number of hydrogen-bond acceptors (Lipinski definition) is 3. The third-order valence-corrected chi connectivity index (χ3v) is 1.97. The Balaban J connectivity index is 3.08. The molecule has 14 heavy (non-hydrogen) atoms. The van der Waals surface area contributed by atoms with Crippen LogP contribution in [-0.4, -0.2) is 13.3 Å². The zero-order chi connectivity index (χ0) is 10.6. The molecule has 1 aromatic rings. The van der Waals surface area contributed by atoms with Crippen LogP contribution in [0, 0.1) is 5.41 Å². The van der Waals surface area contributed by atoms with Crippen LogP contribution in [0.1, 0.15) is 12.5 Å². The predicted molar refractivity (Wildman–Crippen MR) is 58.6 cm³/mol. The molecular formula is C11H14N2O. The van der Waals surface area contributed by atoms with Crippen molar-refractivity contribution in [1.82, 2.24) is 0 Å². The van der Waals surface area contributed by atoms with Crippen LogP contribution in [0.2, 0.25) is 0 Å². The van der Waals surface area contributed by atoms with Crippen LogP contribution in [0.5, 0.6) is 5.75 Å². The maximum atomic E-state index is 7.23. The van der Waals surface area contributed by atoms with Gasteiger partial charge in [0.25, 0.3) is 0 Å². The molecule has 3 nitrogen and oxygen atoms in total. The van der Waals surface area contributed by atoms with Gasteiger partial charge < -0.3 is 15.9 Å². The number of allylic oxidation sites excluding steroid dienone is 2. The Morgan fingerprint density at radius 1 is 1.36 bits per heavy atom. The van der Waals surface area contributed by atoms with Gasteiger partial charge in [-0.3, -0.25) is 0 Å². The highest BCUT2D eigenvalue weighted by Gasteiger charge is 2.00. The van der Waals surface area contributed by atoms with Gasteiger partial charge in [0.15, 0.2) is 0 Å². The third kappa shape index (κ3) is 2.13. The summed E-state index contributed by atoms with van der Waals surface area (Å²) in [5.41, 5.74) is 7.97. The molecule has 1 rings (SSSR count). The molecule has 0 aromatic heterocycles. The first-order valence-electron chi connectivity index (χ1n) is 4.30. The molecule has 0 bridgehead atoms. The normalized spacial score (nSPS) is 11.9. The molecule has 3 heteroatoms. The first kappa shape index (κ1) is 10.3. The molecule has 3 N–H and O–H groups in total. The van der Waals surface area contributed by atoms with E-state index in [4.69, 9.17) is 15.9 Å². The molecule has 0 saturated heterocycles. The Morgan fingerprint density at radius 2 is 1.93 bits per heavy atom. The van der Waals surface area contributed by atoms with Crippen LogP contribution in [-0.2, 0) is 0 Å². The van der Waals surface area contributed by atoms with Crippen molar-refractivity contribution in [2.24, 2.45) is 5.73 Å². The van der Waals surface area contributed by atoms with Crippen LogP contribution < -0.4 is 10.5 Å². The molecule has 74 valence electrons. The van der Waals surface area contributed by atoms with E-state index in [1.54, 1.807) is 14.0 Å². The average Bonchev–Trinajstić information content (AvgIpc) is 2.19. The predicted octanol–water partition coefficient (Wildman–Crippen LogP) is 2.03. The van der Waals surface area contributed by atoms with E-state index in [1.807, 2.05) is 24.3 Å². The number of ether oxygens (including phenoxy) is 1. The number of rotatable bonds is 3. The molecule has 1 aromatic carbocycles. The first-order chi connectivity index (χ1) is 6.69. The quantitative estimate of drug-likeness (QED) is 0.716. The van der Waals surface area contributed by atoms with Gasteiger partial charge in [-0.05, 0) is 24.6 Å². The molecule has 0 aliphatic rings. The van der Waals surface area contributed by atoms with Crippen molar-refractivity contribution in [3.05, 3.63) is 35.5 Å². The Hall–Kier alpha value is -1.77. The zero-order valence-electron chi connectivity index (χ0n) is 8.37. The summed E-state index contributed by atoms with van der Waals surface area (Å²) < 4.78 is 5.04. The number of benzene rings is 1. The van der Waals surface area contributed by atoms with Crippen LogP contribution in [0.15, 0.2) is 30.0 Å². The van der Waals surface area contributed by atoms with E-state index >= 15 is 0 Å². The molecule has 0 atom stereocenters. The minimum atomic E-state index is 0.644. The van der Waals surface area contributed by atoms with Gasteiger partial charge in [-0.25, -0.2) is 0 Å². The topological polar surface area (TPSA) is 59.1 Å². The molecule has 0 heterocycles. The Labute approximate surface area is 83.7 Å². The van der Waals surface area contributed by atoms with Crippen molar-refractivity contribution in [2.45, 2.75) is 6.92 Å². The summed E-state index contributed by atoms with van der Waals surface area (Å²) in [7, 11) is 1.62. The third-order valence-electron chi connectivity index (χ3n) is 1.97. The Bertz CT molecular complexity index is 348. The van der Waals surface area contributed by atoms with Crippen LogP contribution in [0.4, 0.5) is 0 Å². The number of methoxy groups -OCH3 is 1. The highest BCUT2D eigenvalue weighted by molar-refractivity contribution is 6.09. The van der Waals surface area contributed by atoms with Crippen molar-refractivity contribution in [2.75, 3.05) is 7.11 Å². The van der Waals surface area contributed by atoms with Gasteiger partial charge in [-0.15, -0.1) is 0 Å². The van der Waals surface area contributed by atoms with Crippen molar-refractivity contribution >= 4 is 11.8 Å². The molecule has 0 fully saturated rings. The van der Waals surface area contributed by atoms with Gasteiger partial charge in [0.1, 0.15) is 5.75 Å². The molecule has 0 unspecified atom stereocenters. The molecule has 0 aliphatic carbocycles. The van der Waals surface area contributed by atoms with Gasteiger partial charge in [0.2, 0.25) is 0 Å². The Morgan fingerprint density at radius 3 is 2.29 bits per heavy atom. The second-order valence-electron chi connectivity index (χ2n) is 2.97. The van der Waals surface area contributed by atoms with Crippen LogP contribution >= 0.6 is 0 Å². The van der Waals surface area contributed by atoms with Crippen molar-refractivity contribution in [3.8, 4) is 5.75 Å². The van der Waals surface area contributed by atoms with E-state index in [-0.39, 0.29) is 0 Å². The molecule has 0 amide bonds. The van der Waals surface area contributed by atoms with Gasteiger partial charge in [0.05, 0.1) is 7.11 Å². The van der Waals surface area contributed by atoms with Gasteiger partial charge in [-0.2, -0.15) is 0 Å². The summed E-state index contributed by atoms with van der Waals surface area (Å²) in [4.78, 5) is 0. The molecule has 0 aliphatic heterocycles. The summed E-state index contributed by atoms with van der Waals surface area (Å²) in [6.07, 6.45) is 1.26. The Kier molecular flexibility index (Phi) is 3.29. The molecule has 0 radical (unpaired) electrons. The highest BCUT2D eigenvalue weighted by Crippen LogP contribution is 2.18. The van der Waals surface area contributed by atoms with E-state index in [1.165, 1.54) is 6.21 Å². The summed E-state index contributed by atoms with van der Waals surface area (Å²) in [6.45, 7) is 1.78. The standard InChI is InChI=1S/C11H14N2O/c1-8(13)11(7-12)9-3-5-10(14-2)6-4-9/h3-7,12H,13H2,1-2H3/b11-8+,12-7?. The molecule has 0 saturated carbocycles. The van der Waals surface area contributed by atoms with Crippen molar-refractivity contribution in [3.63, 3.8) is 0 Å². The lowest BCUT2D eigenvalue weighted by Gasteiger charge is -2.05. The van der Waals surface area contributed by atoms with Crippen LogP contribution in [0.25, 0.3) is 5.57 Å². The number of nitrogens with one attached hydrogen (secondary N) is 1. The van der Waals surface area contributed by atoms with Gasteiger partial charge in [-0.1, -0.05) is 12.1 Å². The SMILES string of the molecule is COc1ccc(/C(C=N)=C(\C)N)cc1. The lowest BCUT2D eigenvalue weighted by atomic mass is 10.1. The second kappa shape index (κ2) is 4.46. The van der Waals surface area contributed by atoms with E-state index < -0.39 is 0 Å². The summed E-state index contributed by atoms with van der Waals surface area (Å²) in [5, 5.41) is 7.23. The molecule has 0 spiro atoms. The van der Waals surface area contributed by atoms with Gasteiger partial charge >= 0.3 is 0 Å². The fourth-order valence-corrected chi connectivity index (χ4v) is 1.20. The smallest absolute Gasteiger partial charge is 0.118 e. The van der Waals surface area contributed by atoms with E-state index in [0.29, 0.717) is 5.70 Å². The van der Waals surface area contributed by atoms with Gasteiger partial charge in [0, 0.05) is 17.5 Å². The number of nitrogens with two attached hydrogens (primary N) is 1.